The van der Waals surface area contributed by atoms with Gasteiger partial charge in [0.2, 0.25) is 5.88 Å². The number of aryl methyl sites for hydroxylation is 1. The van der Waals surface area contributed by atoms with E-state index in [1.807, 2.05) is 37.5 Å². The Morgan fingerprint density at radius 2 is 2.14 bits per heavy atom. The average molecular weight is 380 g/mol. The largest absolute Gasteiger partial charge is 0.481 e. The Kier molecular flexibility index (Phi) is 5.25. The van der Waals surface area contributed by atoms with Gasteiger partial charge in [0.25, 0.3) is 5.91 Å². The number of carbonyl (C=O) groups excluding carboxylic acids is 1. The topological polar surface area (TPSA) is 78.3 Å². The van der Waals surface area contributed by atoms with Gasteiger partial charge in [-0.3, -0.25) is 9.78 Å². The van der Waals surface area contributed by atoms with Gasteiger partial charge in [-0.25, -0.2) is 4.68 Å². The highest BCUT2D eigenvalue weighted by Gasteiger charge is 2.27. The summed E-state index contributed by atoms with van der Waals surface area (Å²) >= 11 is 0. The first-order chi connectivity index (χ1) is 13.7. The van der Waals surface area contributed by atoms with E-state index < -0.39 is 0 Å². The third kappa shape index (κ3) is 3.57. The molecule has 1 unspecified atom stereocenters. The van der Waals surface area contributed by atoms with Crippen molar-refractivity contribution in [3.63, 3.8) is 0 Å². The summed E-state index contributed by atoms with van der Waals surface area (Å²) in [6.07, 6.45) is 5.40. The normalized spacial score (nSPS) is 16.1. The Morgan fingerprint density at radius 3 is 2.86 bits per heavy atom. The first kappa shape index (κ1) is 18.4. The fourth-order valence-electron chi connectivity index (χ4n) is 3.87. The Balaban J connectivity index is 1.61. The summed E-state index contributed by atoms with van der Waals surface area (Å²) < 4.78 is 12.6. The van der Waals surface area contributed by atoms with Crippen molar-refractivity contribution in [3.8, 4) is 5.88 Å². The lowest BCUT2D eigenvalue weighted by Gasteiger charge is -2.31. The summed E-state index contributed by atoms with van der Waals surface area (Å²) in [7, 11) is 3.44. The molecule has 7 heteroatoms. The molecule has 1 saturated heterocycles. The molecule has 0 saturated carbocycles. The van der Waals surface area contributed by atoms with Gasteiger partial charge in [0.15, 0.2) is 0 Å². The van der Waals surface area contributed by atoms with Crippen LogP contribution in [0.4, 0.5) is 0 Å². The lowest BCUT2D eigenvalue weighted by molar-refractivity contribution is 0.0513. The molecule has 1 aromatic carbocycles. The van der Waals surface area contributed by atoms with Crippen LogP contribution in [0.2, 0.25) is 0 Å². The zero-order valence-electron chi connectivity index (χ0n) is 16.1. The number of fused-ring (bicyclic) bond motifs is 1. The van der Waals surface area contributed by atoms with Gasteiger partial charge in [0.05, 0.1) is 24.1 Å². The fourth-order valence-corrected chi connectivity index (χ4v) is 3.87. The molecule has 3 aromatic rings. The summed E-state index contributed by atoms with van der Waals surface area (Å²) in [5.74, 6) is 0.879. The van der Waals surface area contributed by atoms with E-state index in [4.69, 9.17) is 9.47 Å². The molecule has 4 rings (SSSR count). The van der Waals surface area contributed by atoms with Crippen LogP contribution in [0.1, 0.15) is 34.8 Å². The van der Waals surface area contributed by atoms with Crippen LogP contribution in [0.25, 0.3) is 10.9 Å². The SMILES string of the molecule is COc1c2ccc(C(=O)NC(c3cccnc3)C3CCOCC3)cc2nn1C. The third-order valence-electron chi connectivity index (χ3n) is 5.30. The molecule has 0 radical (unpaired) electrons. The van der Waals surface area contributed by atoms with Crippen LogP contribution in [0, 0.1) is 5.92 Å². The van der Waals surface area contributed by atoms with Crippen molar-refractivity contribution in [2.45, 2.75) is 18.9 Å². The maximum atomic E-state index is 13.0. The van der Waals surface area contributed by atoms with Crippen LogP contribution in [0.5, 0.6) is 5.88 Å². The maximum Gasteiger partial charge on any atom is 0.251 e. The van der Waals surface area contributed by atoms with E-state index in [1.54, 1.807) is 24.1 Å². The summed E-state index contributed by atoms with van der Waals surface area (Å²) in [6, 6.07) is 9.31. The molecule has 1 fully saturated rings. The highest BCUT2D eigenvalue weighted by molar-refractivity contribution is 5.98. The van der Waals surface area contributed by atoms with E-state index in [1.165, 1.54) is 0 Å². The number of amides is 1. The molecule has 1 N–H and O–H groups in total. The van der Waals surface area contributed by atoms with Crippen LogP contribution in [-0.4, -0.2) is 41.0 Å². The summed E-state index contributed by atoms with van der Waals surface area (Å²) in [4.78, 5) is 17.3. The van der Waals surface area contributed by atoms with Crippen molar-refractivity contribution >= 4 is 16.8 Å². The first-order valence-electron chi connectivity index (χ1n) is 9.46. The monoisotopic (exact) mass is 380 g/mol. The summed E-state index contributed by atoms with van der Waals surface area (Å²) in [5, 5.41) is 8.54. The number of rotatable bonds is 5. The average Bonchev–Trinajstić information content (AvgIpc) is 3.07. The van der Waals surface area contributed by atoms with E-state index in [2.05, 4.69) is 15.4 Å². The van der Waals surface area contributed by atoms with Crippen LogP contribution in [0.15, 0.2) is 42.7 Å². The second-order valence-electron chi connectivity index (χ2n) is 7.05. The molecule has 1 atom stereocenters. The molecule has 0 bridgehead atoms. The first-order valence-corrected chi connectivity index (χ1v) is 9.46. The van der Waals surface area contributed by atoms with Crippen molar-refractivity contribution in [2.75, 3.05) is 20.3 Å². The number of benzene rings is 1. The van der Waals surface area contributed by atoms with Crippen LogP contribution in [0.3, 0.4) is 0 Å². The number of ether oxygens (including phenoxy) is 2. The highest BCUT2D eigenvalue weighted by atomic mass is 16.5. The predicted molar refractivity (Wildman–Crippen MR) is 105 cm³/mol. The van der Waals surface area contributed by atoms with Gasteiger partial charge in [0, 0.05) is 38.2 Å². The lowest BCUT2D eigenvalue weighted by Crippen LogP contribution is -2.36. The Morgan fingerprint density at radius 1 is 1.32 bits per heavy atom. The van der Waals surface area contributed by atoms with E-state index in [0.717, 1.165) is 42.5 Å². The number of nitrogens with one attached hydrogen (secondary N) is 1. The van der Waals surface area contributed by atoms with Gasteiger partial charge < -0.3 is 14.8 Å². The number of pyridine rings is 1. The smallest absolute Gasteiger partial charge is 0.251 e. The number of carbonyl (C=O) groups is 1. The molecule has 1 aliphatic heterocycles. The lowest BCUT2D eigenvalue weighted by atomic mass is 9.87. The van der Waals surface area contributed by atoms with Gasteiger partial charge in [-0.05, 0) is 48.6 Å². The molecule has 2 aromatic heterocycles. The van der Waals surface area contributed by atoms with Crippen molar-refractivity contribution in [1.82, 2.24) is 20.1 Å². The number of aromatic nitrogens is 3. The molecule has 1 amide bonds. The number of hydrogen-bond acceptors (Lipinski definition) is 5. The van der Waals surface area contributed by atoms with Gasteiger partial charge >= 0.3 is 0 Å². The van der Waals surface area contributed by atoms with Crippen LogP contribution < -0.4 is 10.1 Å². The number of hydrogen-bond donors (Lipinski definition) is 1. The van der Waals surface area contributed by atoms with E-state index in [9.17, 15) is 4.79 Å². The Bertz CT molecular complexity index is 964. The molecule has 28 heavy (non-hydrogen) atoms. The molecule has 7 nitrogen and oxygen atoms in total. The summed E-state index contributed by atoms with van der Waals surface area (Å²) in [5.41, 5.74) is 2.33. The Hall–Kier alpha value is -2.93. The second-order valence-corrected chi connectivity index (χ2v) is 7.05. The zero-order valence-corrected chi connectivity index (χ0v) is 16.1. The van der Waals surface area contributed by atoms with Crippen molar-refractivity contribution in [1.29, 1.82) is 0 Å². The minimum absolute atomic E-state index is 0.0981. The Labute approximate surface area is 163 Å². The molecule has 1 aliphatic rings. The van der Waals surface area contributed by atoms with E-state index in [0.29, 0.717) is 17.4 Å². The maximum absolute atomic E-state index is 13.0. The van der Waals surface area contributed by atoms with Gasteiger partial charge in [0.1, 0.15) is 0 Å². The van der Waals surface area contributed by atoms with Crippen LogP contribution in [-0.2, 0) is 11.8 Å². The molecular weight excluding hydrogens is 356 g/mol. The molecule has 0 spiro atoms. The van der Waals surface area contributed by atoms with Crippen molar-refractivity contribution in [2.24, 2.45) is 13.0 Å². The van der Waals surface area contributed by atoms with Gasteiger partial charge in [-0.1, -0.05) is 6.07 Å². The molecule has 3 heterocycles. The highest BCUT2D eigenvalue weighted by Crippen LogP contribution is 2.31. The minimum atomic E-state index is -0.119. The second kappa shape index (κ2) is 7.98. The van der Waals surface area contributed by atoms with Crippen molar-refractivity contribution in [3.05, 3.63) is 53.9 Å². The molecule has 146 valence electrons. The fraction of sp³-hybridized carbons (Fsp3) is 0.381. The number of nitrogens with zero attached hydrogens (tertiary/aromatic N) is 3. The quantitative estimate of drug-likeness (QED) is 0.736. The van der Waals surface area contributed by atoms with E-state index in [-0.39, 0.29) is 11.9 Å². The molecular formula is C21H24N4O3. The van der Waals surface area contributed by atoms with Gasteiger partial charge in [-0.2, -0.15) is 5.10 Å². The number of methoxy groups -OCH3 is 1. The van der Waals surface area contributed by atoms with Crippen LogP contribution >= 0.6 is 0 Å². The minimum Gasteiger partial charge on any atom is -0.481 e. The summed E-state index contributed by atoms with van der Waals surface area (Å²) in [6.45, 7) is 1.44. The standard InChI is InChI=1S/C21H24N4O3/c1-25-21(27-2)17-6-5-15(12-18(17)24-25)20(26)23-19(14-7-10-28-11-8-14)16-4-3-9-22-13-16/h3-6,9,12-14,19H,7-8,10-11H2,1-2H3,(H,23,26). The van der Waals surface area contributed by atoms with E-state index >= 15 is 0 Å². The predicted octanol–water partition coefficient (Wildman–Crippen LogP) is 2.87. The zero-order chi connectivity index (χ0) is 19.5. The molecule has 0 aliphatic carbocycles. The van der Waals surface area contributed by atoms with Gasteiger partial charge in [-0.15, -0.1) is 0 Å². The third-order valence-corrected chi connectivity index (χ3v) is 5.30. The van der Waals surface area contributed by atoms with Crippen molar-refractivity contribution < 1.29 is 14.3 Å².